The fourth-order valence-electron chi connectivity index (χ4n) is 3.93. The van der Waals surface area contributed by atoms with Crippen molar-refractivity contribution in [3.8, 4) is 5.75 Å². The zero-order chi connectivity index (χ0) is 12.1. The summed E-state index contributed by atoms with van der Waals surface area (Å²) in [5, 5.41) is 0. The van der Waals surface area contributed by atoms with Gasteiger partial charge >= 0.3 is 0 Å². The molecule has 1 heteroatoms. The van der Waals surface area contributed by atoms with Gasteiger partial charge in [0.05, 0.1) is 0 Å². The molecule has 92 valence electrons. The van der Waals surface area contributed by atoms with Crippen molar-refractivity contribution < 1.29 is 4.74 Å². The van der Waals surface area contributed by atoms with Crippen molar-refractivity contribution in [3.63, 3.8) is 0 Å². The molecule has 17 heavy (non-hydrogen) atoms. The topological polar surface area (TPSA) is 9.23 Å². The van der Waals surface area contributed by atoms with Crippen LogP contribution in [0.15, 0.2) is 24.3 Å². The van der Waals surface area contributed by atoms with E-state index in [0.29, 0.717) is 11.3 Å². The van der Waals surface area contributed by atoms with Gasteiger partial charge in [0.1, 0.15) is 11.4 Å². The highest BCUT2D eigenvalue weighted by Crippen LogP contribution is 2.52. The molecule has 1 aromatic rings. The van der Waals surface area contributed by atoms with Crippen LogP contribution in [0.1, 0.15) is 45.6 Å². The van der Waals surface area contributed by atoms with Gasteiger partial charge in [-0.15, -0.1) is 0 Å². The van der Waals surface area contributed by atoms with Crippen LogP contribution >= 0.6 is 0 Å². The summed E-state index contributed by atoms with van der Waals surface area (Å²) < 4.78 is 6.36. The first-order valence-corrected chi connectivity index (χ1v) is 6.78. The Balaban J connectivity index is 2.03. The maximum Gasteiger partial charge on any atom is 0.123 e. The number of ether oxygens (including phenoxy) is 1. The SMILES string of the molecule is CC1(C)CCC[C@]2(C)Oc3ccccc3CC12. The molecule has 3 rings (SSSR count). The van der Waals surface area contributed by atoms with Gasteiger partial charge in [0.15, 0.2) is 0 Å². The Hall–Kier alpha value is -0.980. The Labute approximate surface area is 104 Å². The molecule has 0 spiro atoms. The van der Waals surface area contributed by atoms with Crippen LogP contribution in [0.4, 0.5) is 0 Å². The largest absolute Gasteiger partial charge is 0.487 e. The number of benzene rings is 1. The first-order valence-electron chi connectivity index (χ1n) is 6.78. The van der Waals surface area contributed by atoms with E-state index in [9.17, 15) is 0 Å². The molecule has 1 unspecified atom stereocenters. The third kappa shape index (κ3) is 1.67. The highest BCUT2D eigenvalue weighted by molar-refractivity contribution is 5.37. The highest BCUT2D eigenvalue weighted by atomic mass is 16.5. The van der Waals surface area contributed by atoms with E-state index in [4.69, 9.17) is 4.74 Å². The van der Waals surface area contributed by atoms with Gasteiger partial charge in [-0.05, 0) is 49.7 Å². The summed E-state index contributed by atoms with van der Waals surface area (Å²) in [5.41, 5.74) is 1.85. The Kier molecular flexibility index (Phi) is 2.30. The Bertz CT molecular complexity index is 435. The van der Waals surface area contributed by atoms with Crippen molar-refractivity contribution >= 4 is 0 Å². The lowest BCUT2D eigenvalue weighted by Crippen LogP contribution is -2.53. The van der Waals surface area contributed by atoms with Gasteiger partial charge in [-0.3, -0.25) is 0 Å². The van der Waals surface area contributed by atoms with Crippen molar-refractivity contribution in [1.29, 1.82) is 0 Å². The third-order valence-electron chi connectivity index (χ3n) is 4.91. The van der Waals surface area contributed by atoms with E-state index >= 15 is 0 Å². The maximum atomic E-state index is 6.36. The summed E-state index contributed by atoms with van der Waals surface area (Å²) in [6.07, 6.45) is 5.01. The molecule has 0 amide bonds. The number of rotatable bonds is 0. The molecule has 1 nitrogen and oxygen atoms in total. The summed E-state index contributed by atoms with van der Waals surface area (Å²) in [6.45, 7) is 7.13. The summed E-state index contributed by atoms with van der Waals surface area (Å²) in [4.78, 5) is 0. The lowest BCUT2D eigenvalue weighted by atomic mass is 9.59. The van der Waals surface area contributed by atoms with Crippen molar-refractivity contribution in [3.05, 3.63) is 29.8 Å². The van der Waals surface area contributed by atoms with E-state index < -0.39 is 0 Å². The van der Waals surface area contributed by atoms with Gasteiger partial charge in [-0.1, -0.05) is 32.0 Å². The molecular weight excluding hydrogens is 208 g/mol. The van der Waals surface area contributed by atoms with Crippen molar-refractivity contribution in [2.75, 3.05) is 0 Å². The number of fused-ring (bicyclic) bond motifs is 2. The van der Waals surface area contributed by atoms with Gasteiger partial charge in [-0.25, -0.2) is 0 Å². The van der Waals surface area contributed by atoms with Crippen LogP contribution in [0.2, 0.25) is 0 Å². The minimum absolute atomic E-state index is 0.0517. The normalized spacial score (nSPS) is 34.4. The standard InChI is InChI=1S/C16H22O/c1-15(2)9-6-10-16(3)14(15)11-12-7-4-5-8-13(12)17-16/h4-5,7-8,14H,6,9-11H2,1-3H3/t14?,16-/m0/s1. The van der Waals surface area contributed by atoms with E-state index in [0.717, 1.165) is 5.75 Å². The molecule has 2 aliphatic rings. The number of para-hydroxylation sites is 1. The predicted molar refractivity (Wildman–Crippen MR) is 70.3 cm³/mol. The molecule has 1 saturated carbocycles. The van der Waals surface area contributed by atoms with Gasteiger partial charge < -0.3 is 4.74 Å². The lowest BCUT2D eigenvalue weighted by molar-refractivity contribution is -0.0815. The predicted octanol–water partition coefficient (Wildman–Crippen LogP) is 4.21. The van der Waals surface area contributed by atoms with E-state index in [1.807, 2.05) is 0 Å². The zero-order valence-electron chi connectivity index (χ0n) is 11.1. The van der Waals surface area contributed by atoms with Crippen molar-refractivity contribution in [2.24, 2.45) is 11.3 Å². The molecule has 0 N–H and O–H groups in total. The molecule has 0 saturated heterocycles. The smallest absolute Gasteiger partial charge is 0.123 e. The molecule has 0 bridgehead atoms. The molecule has 0 aromatic heterocycles. The van der Waals surface area contributed by atoms with Crippen molar-refractivity contribution in [1.82, 2.24) is 0 Å². The zero-order valence-corrected chi connectivity index (χ0v) is 11.1. The molecule has 0 radical (unpaired) electrons. The Morgan fingerprint density at radius 2 is 1.88 bits per heavy atom. The second kappa shape index (κ2) is 3.51. The molecule has 1 aromatic carbocycles. The van der Waals surface area contributed by atoms with E-state index in [-0.39, 0.29) is 5.60 Å². The van der Waals surface area contributed by atoms with Crippen LogP contribution in [-0.4, -0.2) is 5.60 Å². The fraction of sp³-hybridized carbons (Fsp3) is 0.625. The first kappa shape index (κ1) is 11.1. The maximum absolute atomic E-state index is 6.36. The third-order valence-corrected chi connectivity index (χ3v) is 4.91. The molecule has 2 atom stereocenters. The van der Waals surface area contributed by atoms with Gasteiger partial charge in [-0.2, -0.15) is 0 Å². The molecule has 1 heterocycles. The van der Waals surface area contributed by atoms with Gasteiger partial charge in [0, 0.05) is 5.92 Å². The molecule has 1 fully saturated rings. The lowest BCUT2D eigenvalue weighted by Gasteiger charge is -2.53. The first-order chi connectivity index (χ1) is 8.01. The summed E-state index contributed by atoms with van der Waals surface area (Å²) in [7, 11) is 0. The highest BCUT2D eigenvalue weighted by Gasteiger charge is 2.50. The second-order valence-electron chi connectivity index (χ2n) is 6.62. The van der Waals surface area contributed by atoms with E-state index in [1.54, 1.807) is 0 Å². The number of hydrogen-bond acceptors (Lipinski definition) is 1. The summed E-state index contributed by atoms with van der Waals surface area (Å²) >= 11 is 0. The van der Waals surface area contributed by atoms with Crippen LogP contribution in [0.3, 0.4) is 0 Å². The fourth-order valence-corrected chi connectivity index (χ4v) is 3.93. The van der Waals surface area contributed by atoms with Crippen LogP contribution in [0.25, 0.3) is 0 Å². The monoisotopic (exact) mass is 230 g/mol. The average Bonchev–Trinajstić information content (AvgIpc) is 2.26. The molecule has 1 aliphatic carbocycles. The Morgan fingerprint density at radius 1 is 1.12 bits per heavy atom. The van der Waals surface area contributed by atoms with Crippen LogP contribution in [0.5, 0.6) is 5.75 Å². The van der Waals surface area contributed by atoms with Crippen LogP contribution < -0.4 is 4.74 Å². The summed E-state index contributed by atoms with van der Waals surface area (Å²) in [6, 6.07) is 8.55. The van der Waals surface area contributed by atoms with Gasteiger partial charge in [0.2, 0.25) is 0 Å². The van der Waals surface area contributed by atoms with Crippen molar-refractivity contribution in [2.45, 2.75) is 52.1 Å². The van der Waals surface area contributed by atoms with Crippen LogP contribution in [-0.2, 0) is 6.42 Å². The molecular formula is C16H22O. The van der Waals surface area contributed by atoms with Gasteiger partial charge in [0.25, 0.3) is 0 Å². The molecule has 1 aliphatic heterocycles. The van der Waals surface area contributed by atoms with E-state index in [2.05, 4.69) is 45.0 Å². The van der Waals surface area contributed by atoms with Crippen LogP contribution in [0, 0.1) is 11.3 Å². The number of hydrogen-bond donors (Lipinski definition) is 0. The van der Waals surface area contributed by atoms with E-state index in [1.165, 1.54) is 31.2 Å². The minimum atomic E-state index is 0.0517. The second-order valence-corrected chi connectivity index (χ2v) is 6.62. The Morgan fingerprint density at radius 3 is 2.71 bits per heavy atom. The average molecular weight is 230 g/mol. The summed E-state index contributed by atoms with van der Waals surface area (Å²) in [5.74, 6) is 1.77. The quantitative estimate of drug-likeness (QED) is 0.649. The minimum Gasteiger partial charge on any atom is -0.487 e.